The number of alkyl halides is 3. The van der Waals surface area contributed by atoms with E-state index >= 15 is 0 Å². The molecule has 3 aromatic rings. The highest BCUT2D eigenvalue weighted by Crippen LogP contribution is 2.53. The largest absolute Gasteiger partial charge is 0.493 e. The van der Waals surface area contributed by atoms with E-state index in [1.165, 1.54) is 44.5 Å². The van der Waals surface area contributed by atoms with E-state index in [0.717, 1.165) is 31.0 Å². The maximum absolute atomic E-state index is 14.8. The number of aliphatic hydroxyl groups is 1. The van der Waals surface area contributed by atoms with E-state index in [1.807, 2.05) is 5.32 Å². The first kappa shape index (κ1) is 31.3. The molecule has 236 valence electrons. The summed E-state index contributed by atoms with van der Waals surface area (Å²) in [5, 5.41) is 24.8. The Morgan fingerprint density at radius 2 is 1.93 bits per heavy atom. The lowest BCUT2D eigenvalue weighted by molar-refractivity contribution is -0.190. The van der Waals surface area contributed by atoms with Crippen molar-refractivity contribution in [2.45, 2.75) is 43.2 Å². The molecule has 1 amide bonds. The Kier molecular flexibility index (Phi) is 8.19. The van der Waals surface area contributed by atoms with E-state index in [2.05, 4.69) is 15.3 Å². The summed E-state index contributed by atoms with van der Waals surface area (Å²) < 4.78 is 74.6. The zero-order chi connectivity index (χ0) is 32.6. The first-order valence-electron chi connectivity index (χ1n) is 13.6. The number of hydrogen-bond acceptors (Lipinski definition) is 8. The summed E-state index contributed by atoms with van der Waals surface area (Å²) in [6.07, 6.45) is -1.73. The van der Waals surface area contributed by atoms with Gasteiger partial charge in [0.1, 0.15) is 23.7 Å². The van der Waals surface area contributed by atoms with Crippen LogP contribution >= 0.6 is 0 Å². The highest BCUT2D eigenvalue weighted by atomic mass is 19.4. The van der Waals surface area contributed by atoms with Gasteiger partial charge in [0, 0.05) is 16.7 Å². The van der Waals surface area contributed by atoms with Crippen LogP contribution in [0.5, 0.6) is 17.2 Å². The topological polar surface area (TPSA) is 164 Å². The molecule has 2 aromatic carbocycles. The second-order valence-corrected chi connectivity index (χ2v) is 10.8. The SMILES string of the molecule is COc1cc(C(=O)NCC(C)(O)c2cc3c(c(-c4ccc(F)cc4)n2)OC[C@@]3(N=C(N)NC#N)C(F)(F)F)ccc1OC1CC1. The first-order chi connectivity index (χ1) is 21.3. The fourth-order valence-electron chi connectivity index (χ4n) is 4.72. The van der Waals surface area contributed by atoms with Gasteiger partial charge in [-0.3, -0.25) is 10.1 Å². The van der Waals surface area contributed by atoms with Crippen molar-refractivity contribution in [3.63, 3.8) is 0 Å². The van der Waals surface area contributed by atoms with Gasteiger partial charge < -0.3 is 30.4 Å². The second kappa shape index (κ2) is 11.8. The highest BCUT2D eigenvalue weighted by Gasteiger charge is 2.62. The fraction of sp³-hybridized carbons (Fsp3) is 0.333. The number of fused-ring (bicyclic) bond motifs is 1. The number of aromatic nitrogens is 1. The van der Waals surface area contributed by atoms with E-state index in [1.54, 1.807) is 6.07 Å². The maximum Gasteiger partial charge on any atom is 0.421 e. The number of nitrogens with one attached hydrogen (secondary N) is 2. The molecule has 0 saturated heterocycles. The summed E-state index contributed by atoms with van der Waals surface area (Å²) in [4.78, 5) is 21.0. The number of guanidine groups is 1. The molecule has 0 spiro atoms. The van der Waals surface area contributed by atoms with Gasteiger partial charge in [-0.2, -0.15) is 18.4 Å². The van der Waals surface area contributed by atoms with E-state index in [0.29, 0.717) is 11.5 Å². The Labute approximate surface area is 254 Å². The Hall–Kier alpha value is -5.10. The Balaban J connectivity index is 1.52. The molecule has 1 aromatic heterocycles. The molecule has 1 unspecified atom stereocenters. The van der Waals surface area contributed by atoms with Crippen molar-refractivity contribution >= 4 is 11.9 Å². The summed E-state index contributed by atoms with van der Waals surface area (Å²) in [5.41, 5.74) is -0.178. The number of nitrogens with two attached hydrogens (primary N) is 1. The molecular weight excluding hydrogens is 600 g/mol. The van der Waals surface area contributed by atoms with Crippen molar-refractivity contribution in [2.75, 3.05) is 20.3 Å². The lowest BCUT2D eigenvalue weighted by Gasteiger charge is -2.29. The number of aliphatic imine (C=N–C) groups is 1. The smallest absolute Gasteiger partial charge is 0.421 e. The van der Waals surface area contributed by atoms with Crippen LogP contribution in [-0.4, -0.2) is 54.5 Å². The number of nitriles is 1. The van der Waals surface area contributed by atoms with Crippen molar-refractivity contribution < 1.29 is 41.7 Å². The normalized spacial score (nSPS) is 19.0. The summed E-state index contributed by atoms with van der Waals surface area (Å²) >= 11 is 0. The average molecular weight is 629 g/mol. The van der Waals surface area contributed by atoms with Crippen molar-refractivity contribution in [3.8, 4) is 34.7 Å². The highest BCUT2D eigenvalue weighted by molar-refractivity contribution is 5.95. The minimum absolute atomic E-state index is 0.0968. The van der Waals surface area contributed by atoms with Crippen molar-refractivity contribution in [1.29, 1.82) is 5.26 Å². The molecule has 1 aliphatic heterocycles. The van der Waals surface area contributed by atoms with Gasteiger partial charge in [0.2, 0.25) is 11.5 Å². The van der Waals surface area contributed by atoms with E-state index < -0.39 is 53.7 Å². The maximum atomic E-state index is 14.8. The van der Waals surface area contributed by atoms with Gasteiger partial charge >= 0.3 is 6.18 Å². The lowest BCUT2D eigenvalue weighted by atomic mass is 9.88. The number of pyridine rings is 1. The number of hydrogen-bond donors (Lipinski definition) is 4. The number of halogens is 4. The molecule has 5 N–H and O–H groups in total. The van der Waals surface area contributed by atoms with Gasteiger partial charge in [-0.15, -0.1) is 0 Å². The molecular formula is C30H28F4N6O5. The third-order valence-electron chi connectivity index (χ3n) is 7.31. The number of ether oxygens (including phenoxy) is 3. The third-order valence-corrected chi connectivity index (χ3v) is 7.31. The monoisotopic (exact) mass is 628 g/mol. The Morgan fingerprint density at radius 3 is 2.56 bits per heavy atom. The van der Waals surface area contributed by atoms with Crippen LogP contribution in [-0.2, 0) is 11.1 Å². The van der Waals surface area contributed by atoms with Gasteiger partial charge in [-0.05, 0) is 68.3 Å². The van der Waals surface area contributed by atoms with Gasteiger partial charge in [0.05, 0.1) is 25.5 Å². The zero-order valence-electron chi connectivity index (χ0n) is 24.0. The molecule has 2 atom stereocenters. The standard InChI is InChI=1S/C30H28F4N6O5/c1-28(42,13-37-26(41)17-5-10-21(22(11-17)43-2)45-19-8-9-19)23-12-20-25(24(39-23)16-3-6-18(31)7-4-16)44-14-29(20,30(32,33)34)40-27(36)38-15-35/h3-7,10-12,19,42H,8-9,13-14H2,1-2H3,(H,37,41)(H3,36,38,40)/t28?,29-/m0/s1. The van der Waals surface area contributed by atoms with Crippen molar-refractivity contribution in [3.05, 3.63) is 71.2 Å². The molecule has 11 nitrogen and oxygen atoms in total. The molecule has 15 heteroatoms. The van der Waals surface area contributed by atoms with Gasteiger partial charge in [0.25, 0.3) is 5.91 Å². The number of rotatable bonds is 9. The predicted molar refractivity (Wildman–Crippen MR) is 152 cm³/mol. The summed E-state index contributed by atoms with van der Waals surface area (Å²) in [6.45, 7) is -0.284. The Morgan fingerprint density at radius 1 is 1.22 bits per heavy atom. The molecule has 1 aliphatic carbocycles. The molecule has 0 radical (unpaired) electrons. The van der Waals surface area contributed by atoms with Gasteiger partial charge in [0.15, 0.2) is 23.4 Å². The molecule has 2 heterocycles. The van der Waals surface area contributed by atoms with E-state index in [9.17, 15) is 27.5 Å². The number of benzene rings is 2. The van der Waals surface area contributed by atoms with Crippen LogP contribution < -0.4 is 30.6 Å². The van der Waals surface area contributed by atoms with Gasteiger partial charge in [-0.25, -0.2) is 14.4 Å². The molecule has 1 saturated carbocycles. The lowest BCUT2D eigenvalue weighted by Crippen LogP contribution is -2.46. The molecule has 45 heavy (non-hydrogen) atoms. The third kappa shape index (κ3) is 6.27. The molecule has 0 bridgehead atoms. The molecule has 5 rings (SSSR count). The predicted octanol–water partition coefficient (Wildman–Crippen LogP) is 3.61. The summed E-state index contributed by atoms with van der Waals surface area (Å²) in [7, 11) is 1.43. The molecule has 1 fully saturated rings. The van der Waals surface area contributed by atoms with Crippen LogP contribution in [0.3, 0.4) is 0 Å². The number of nitrogens with zero attached hydrogens (tertiary/aromatic N) is 3. The van der Waals surface area contributed by atoms with Crippen LogP contribution in [0, 0.1) is 17.3 Å². The van der Waals surface area contributed by atoms with Crippen LogP contribution in [0.4, 0.5) is 17.6 Å². The van der Waals surface area contributed by atoms with Gasteiger partial charge in [-0.1, -0.05) is 0 Å². The number of carbonyl (C=O) groups excluding carboxylic acids is 1. The van der Waals surface area contributed by atoms with Crippen LogP contribution in [0.25, 0.3) is 11.3 Å². The average Bonchev–Trinajstić information content (AvgIpc) is 3.74. The summed E-state index contributed by atoms with van der Waals surface area (Å²) in [6, 6.07) is 10.3. The van der Waals surface area contributed by atoms with Crippen LogP contribution in [0.1, 0.15) is 41.4 Å². The minimum Gasteiger partial charge on any atom is -0.493 e. The zero-order valence-corrected chi connectivity index (χ0v) is 24.0. The fourth-order valence-corrected chi connectivity index (χ4v) is 4.72. The van der Waals surface area contributed by atoms with Crippen molar-refractivity contribution in [1.82, 2.24) is 15.6 Å². The quantitative estimate of drug-likeness (QED) is 0.0911. The van der Waals surface area contributed by atoms with Crippen LogP contribution in [0.2, 0.25) is 0 Å². The second-order valence-electron chi connectivity index (χ2n) is 10.8. The summed E-state index contributed by atoms with van der Waals surface area (Å²) in [5.74, 6) is -1.55. The van der Waals surface area contributed by atoms with E-state index in [4.69, 9.17) is 25.2 Å². The minimum atomic E-state index is -5.09. The number of carbonyl (C=O) groups is 1. The van der Waals surface area contributed by atoms with Crippen molar-refractivity contribution in [2.24, 2.45) is 10.7 Å². The van der Waals surface area contributed by atoms with E-state index in [-0.39, 0.29) is 34.4 Å². The first-order valence-corrected chi connectivity index (χ1v) is 13.6. The molecule has 2 aliphatic rings. The van der Waals surface area contributed by atoms with Crippen LogP contribution in [0.15, 0.2) is 53.5 Å². The number of methoxy groups -OCH3 is 1. The Bertz CT molecular complexity index is 1690. The number of amides is 1.